The molecule has 1 aromatic carbocycles. The van der Waals surface area contributed by atoms with E-state index in [4.69, 9.17) is 5.73 Å². The first kappa shape index (κ1) is 19.9. The fraction of sp³-hybridized carbons (Fsp3) is 0.105. The molecule has 3 aromatic rings. The molecule has 0 aliphatic heterocycles. The van der Waals surface area contributed by atoms with Crippen LogP contribution < -0.4 is 20.7 Å². The summed E-state index contributed by atoms with van der Waals surface area (Å²) in [5.74, 6) is -0.873. The van der Waals surface area contributed by atoms with Crippen molar-refractivity contribution in [3.63, 3.8) is 0 Å². The van der Waals surface area contributed by atoms with Crippen LogP contribution in [0.15, 0.2) is 55.0 Å². The summed E-state index contributed by atoms with van der Waals surface area (Å²) in [5, 5.41) is 2.99. The molecular formula is C19H16F3N5O2. The molecule has 0 radical (unpaired) electrons. The van der Waals surface area contributed by atoms with Crippen LogP contribution in [0.25, 0.3) is 0 Å². The quantitative estimate of drug-likeness (QED) is 0.623. The number of nitrogens with two attached hydrogens (primary N) is 1. The highest BCUT2D eigenvalue weighted by atomic mass is 19.3. The van der Waals surface area contributed by atoms with Gasteiger partial charge in [0.25, 0.3) is 5.91 Å². The number of carbonyl (C=O) groups is 1. The average molecular weight is 403 g/mol. The normalized spacial score (nSPS) is 10.7. The van der Waals surface area contributed by atoms with Crippen LogP contribution in [0.5, 0.6) is 5.75 Å². The number of nitrogens with zero attached hydrogens (tertiary/aromatic N) is 3. The molecule has 3 rings (SSSR count). The zero-order valence-electron chi connectivity index (χ0n) is 15.1. The summed E-state index contributed by atoms with van der Waals surface area (Å²) >= 11 is 0. The van der Waals surface area contributed by atoms with Gasteiger partial charge < -0.3 is 20.7 Å². The Labute approximate surface area is 164 Å². The molecule has 29 heavy (non-hydrogen) atoms. The first-order valence-corrected chi connectivity index (χ1v) is 8.29. The maximum atomic E-state index is 13.5. The Morgan fingerprint density at radius 3 is 2.52 bits per heavy atom. The molecule has 0 saturated heterocycles. The molecule has 0 bridgehead atoms. The lowest BCUT2D eigenvalue weighted by Crippen LogP contribution is -2.19. The predicted molar refractivity (Wildman–Crippen MR) is 101 cm³/mol. The molecule has 2 heterocycles. The second-order valence-electron chi connectivity index (χ2n) is 5.90. The largest absolute Gasteiger partial charge is 0.435 e. The highest BCUT2D eigenvalue weighted by molar-refractivity contribution is 5.99. The molecule has 3 N–H and O–H groups in total. The van der Waals surface area contributed by atoms with Crippen LogP contribution >= 0.6 is 0 Å². The maximum absolute atomic E-state index is 13.5. The highest BCUT2D eigenvalue weighted by Crippen LogP contribution is 2.30. The van der Waals surface area contributed by atoms with E-state index in [1.165, 1.54) is 42.7 Å². The minimum atomic E-state index is -2.91. The third-order valence-electron chi connectivity index (χ3n) is 3.94. The SMILES string of the molecule is CN(c1cncc(F)c1)c1cc(Nc2ccc(OC(F)F)cc2)ncc1C(N)=O. The first-order valence-electron chi connectivity index (χ1n) is 8.29. The van der Waals surface area contributed by atoms with Gasteiger partial charge in [-0.05, 0) is 24.3 Å². The molecular weight excluding hydrogens is 387 g/mol. The van der Waals surface area contributed by atoms with E-state index in [-0.39, 0.29) is 11.3 Å². The van der Waals surface area contributed by atoms with Gasteiger partial charge in [0.05, 0.1) is 29.3 Å². The van der Waals surface area contributed by atoms with Crippen molar-refractivity contribution < 1.29 is 22.7 Å². The standard InChI is InChI=1S/C19H16F3N5O2/c1-27(13-6-11(20)8-24-9-13)16-7-17(25-10-15(16)18(23)28)26-12-2-4-14(5-3-12)29-19(21)22/h2-10,19H,1H3,(H2,23,28)(H,25,26). The molecule has 0 atom stereocenters. The second kappa shape index (κ2) is 8.46. The van der Waals surface area contributed by atoms with E-state index >= 15 is 0 Å². The van der Waals surface area contributed by atoms with Gasteiger partial charge in [0.1, 0.15) is 17.4 Å². The smallest absolute Gasteiger partial charge is 0.387 e. The predicted octanol–water partition coefficient (Wildman–Crippen LogP) is 3.83. The Hall–Kier alpha value is -3.82. The number of rotatable bonds is 7. The lowest BCUT2D eigenvalue weighted by atomic mass is 10.2. The van der Waals surface area contributed by atoms with Gasteiger partial charge >= 0.3 is 6.61 Å². The number of pyridine rings is 2. The number of aromatic nitrogens is 2. The van der Waals surface area contributed by atoms with Crippen LogP contribution in [-0.2, 0) is 0 Å². The summed E-state index contributed by atoms with van der Waals surface area (Å²) in [6, 6.07) is 8.61. The number of ether oxygens (including phenoxy) is 1. The van der Waals surface area contributed by atoms with Crippen LogP contribution in [0.1, 0.15) is 10.4 Å². The zero-order valence-corrected chi connectivity index (χ0v) is 15.1. The molecule has 1 amide bonds. The van der Waals surface area contributed by atoms with Crippen molar-refractivity contribution in [1.29, 1.82) is 0 Å². The third-order valence-corrected chi connectivity index (χ3v) is 3.94. The number of nitrogens with one attached hydrogen (secondary N) is 1. The van der Waals surface area contributed by atoms with E-state index in [1.54, 1.807) is 18.0 Å². The van der Waals surface area contributed by atoms with E-state index in [2.05, 4.69) is 20.0 Å². The summed E-state index contributed by atoms with van der Waals surface area (Å²) in [6.45, 7) is -2.91. The third kappa shape index (κ3) is 4.92. The number of halogens is 3. The van der Waals surface area contributed by atoms with Gasteiger partial charge in [-0.3, -0.25) is 9.78 Å². The minimum absolute atomic E-state index is 0.0154. The lowest BCUT2D eigenvalue weighted by Gasteiger charge is -2.22. The van der Waals surface area contributed by atoms with E-state index in [0.29, 0.717) is 22.9 Å². The average Bonchev–Trinajstić information content (AvgIpc) is 2.68. The van der Waals surface area contributed by atoms with E-state index in [9.17, 15) is 18.0 Å². The minimum Gasteiger partial charge on any atom is -0.435 e. The molecule has 7 nitrogen and oxygen atoms in total. The van der Waals surface area contributed by atoms with Crippen LogP contribution in [0, 0.1) is 5.82 Å². The highest BCUT2D eigenvalue weighted by Gasteiger charge is 2.16. The Morgan fingerprint density at radius 1 is 1.17 bits per heavy atom. The number of hydrogen-bond donors (Lipinski definition) is 2. The number of amides is 1. The van der Waals surface area contributed by atoms with Crippen LogP contribution in [-0.4, -0.2) is 29.5 Å². The van der Waals surface area contributed by atoms with Gasteiger partial charge in [-0.1, -0.05) is 0 Å². The first-order chi connectivity index (χ1) is 13.8. The van der Waals surface area contributed by atoms with E-state index in [1.807, 2.05) is 0 Å². The molecule has 0 fully saturated rings. The number of carbonyl (C=O) groups excluding carboxylic acids is 1. The maximum Gasteiger partial charge on any atom is 0.387 e. The molecule has 0 aliphatic carbocycles. The summed E-state index contributed by atoms with van der Waals surface area (Å²) in [4.78, 5) is 21.3. The Bertz CT molecular complexity index is 1010. The fourth-order valence-corrected chi connectivity index (χ4v) is 2.57. The van der Waals surface area contributed by atoms with Gasteiger partial charge in [0.15, 0.2) is 0 Å². The van der Waals surface area contributed by atoms with Crippen LogP contribution in [0.2, 0.25) is 0 Å². The summed E-state index contributed by atoms with van der Waals surface area (Å²) in [7, 11) is 1.62. The number of primary amides is 1. The van der Waals surface area contributed by atoms with Gasteiger partial charge in [0, 0.05) is 31.1 Å². The summed E-state index contributed by atoms with van der Waals surface area (Å²) < 4.78 is 42.3. The van der Waals surface area contributed by atoms with Crippen molar-refractivity contribution >= 4 is 28.8 Å². The van der Waals surface area contributed by atoms with Crippen molar-refractivity contribution in [3.05, 3.63) is 66.4 Å². The van der Waals surface area contributed by atoms with Crippen molar-refractivity contribution in [2.75, 3.05) is 17.3 Å². The van der Waals surface area contributed by atoms with Crippen molar-refractivity contribution in [2.24, 2.45) is 5.73 Å². The molecule has 0 aliphatic rings. The number of benzene rings is 1. The van der Waals surface area contributed by atoms with Gasteiger partial charge in [-0.2, -0.15) is 8.78 Å². The van der Waals surface area contributed by atoms with E-state index < -0.39 is 18.3 Å². The summed E-state index contributed by atoms with van der Waals surface area (Å²) in [5.41, 5.74) is 6.88. The van der Waals surface area contributed by atoms with Gasteiger partial charge in [0.2, 0.25) is 0 Å². The Kier molecular flexibility index (Phi) is 5.82. The van der Waals surface area contributed by atoms with Crippen LogP contribution in [0.3, 0.4) is 0 Å². The molecule has 150 valence electrons. The topological polar surface area (TPSA) is 93.4 Å². The molecule has 0 unspecified atom stereocenters. The fourth-order valence-electron chi connectivity index (χ4n) is 2.57. The van der Waals surface area contributed by atoms with Gasteiger partial charge in [-0.25, -0.2) is 9.37 Å². The van der Waals surface area contributed by atoms with Gasteiger partial charge in [-0.15, -0.1) is 0 Å². The monoisotopic (exact) mass is 403 g/mol. The lowest BCUT2D eigenvalue weighted by molar-refractivity contribution is -0.0498. The molecule has 10 heteroatoms. The second-order valence-corrected chi connectivity index (χ2v) is 5.90. The van der Waals surface area contributed by atoms with Crippen molar-refractivity contribution in [1.82, 2.24) is 9.97 Å². The number of hydrogen-bond acceptors (Lipinski definition) is 6. The van der Waals surface area contributed by atoms with Crippen molar-refractivity contribution in [3.8, 4) is 5.75 Å². The molecule has 0 spiro atoms. The van der Waals surface area contributed by atoms with E-state index in [0.717, 1.165) is 6.20 Å². The number of anilines is 4. The zero-order chi connectivity index (χ0) is 21.0. The molecule has 2 aromatic heterocycles. The molecule has 0 saturated carbocycles. The Morgan fingerprint density at radius 2 is 1.90 bits per heavy atom. The summed E-state index contributed by atoms with van der Waals surface area (Å²) in [6.07, 6.45) is 3.79. The van der Waals surface area contributed by atoms with Crippen molar-refractivity contribution in [2.45, 2.75) is 6.61 Å². The Balaban J connectivity index is 1.89. The number of alkyl halides is 2. The van der Waals surface area contributed by atoms with Crippen LogP contribution in [0.4, 0.5) is 36.1 Å².